The van der Waals surface area contributed by atoms with Gasteiger partial charge in [0.15, 0.2) is 11.0 Å². The minimum absolute atomic E-state index is 0.0244. The van der Waals surface area contributed by atoms with Crippen LogP contribution >= 0.6 is 0 Å². The molecule has 84 valence electrons. The SMILES string of the molecule is O=c1cc(C(F)F)[nH]c(F)c1C(F)(F)F. The Bertz CT molecular complexity index is 420. The van der Waals surface area contributed by atoms with Crippen LogP contribution in [0.3, 0.4) is 0 Å². The van der Waals surface area contributed by atoms with Gasteiger partial charge in [0.05, 0.1) is 5.69 Å². The van der Waals surface area contributed by atoms with Crippen molar-refractivity contribution < 1.29 is 26.3 Å². The third-order valence-electron chi connectivity index (χ3n) is 1.53. The minimum atomic E-state index is -5.21. The van der Waals surface area contributed by atoms with E-state index in [1.54, 1.807) is 0 Å². The van der Waals surface area contributed by atoms with E-state index in [4.69, 9.17) is 0 Å². The van der Waals surface area contributed by atoms with Crippen LogP contribution in [0.5, 0.6) is 0 Å². The summed E-state index contributed by atoms with van der Waals surface area (Å²) in [7, 11) is 0. The highest BCUT2D eigenvalue weighted by molar-refractivity contribution is 5.19. The summed E-state index contributed by atoms with van der Waals surface area (Å²) in [5, 5.41) is 0. The summed E-state index contributed by atoms with van der Waals surface area (Å²) >= 11 is 0. The number of aromatic amines is 1. The molecule has 0 amide bonds. The summed E-state index contributed by atoms with van der Waals surface area (Å²) in [4.78, 5) is 11.9. The fraction of sp³-hybridized carbons (Fsp3) is 0.286. The van der Waals surface area contributed by atoms with Gasteiger partial charge in [-0.05, 0) is 0 Å². The van der Waals surface area contributed by atoms with Gasteiger partial charge in [-0.2, -0.15) is 17.6 Å². The highest BCUT2D eigenvalue weighted by Crippen LogP contribution is 2.28. The first-order valence-corrected chi connectivity index (χ1v) is 3.51. The Balaban J connectivity index is 3.42. The normalized spacial score (nSPS) is 12.2. The molecule has 0 unspecified atom stereocenters. The lowest BCUT2D eigenvalue weighted by atomic mass is 10.2. The van der Waals surface area contributed by atoms with E-state index in [-0.39, 0.29) is 6.07 Å². The lowest BCUT2D eigenvalue weighted by Crippen LogP contribution is -2.23. The molecule has 0 aliphatic rings. The van der Waals surface area contributed by atoms with E-state index in [0.717, 1.165) is 0 Å². The van der Waals surface area contributed by atoms with Gasteiger partial charge in [0, 0.05) is 6.07 Å². The summed E-state index contributed by atoms with van der Waals surface area (Å²) < 4.78 is 72.5. The predicted molar refractivity (Wildman–Crippen MR) is 37.0 cm³/mol. The van der Waals surface area contributed by atoms with Crippen LogP contribution < -0.4 is 5.43 Å². The number of pyridine rings is 1. The molecule has 0 spiro atoms. The van der Waals surface area contributed by atoms with Crippen LogP contribution in [0.4, 0.5) is 26.3 Å². The van der Waals surface area contributed by atoms with Crippen molar-refractivity contribution in [1.82, 2.24) is 4.98 Å². The van der Waals surface area contributed by atoms with Gasteiger partial charge in [-0.25, -0.2) is 8.78 Å². The summed E-state index contributed by atoms with van der Waals surface area (Å²) in [6.45, 7) is 0. The molecule has 0 atom stereocenters. The topological polar surface area (TPSA) is 32.9 Å². The van der Waals surface area contributed by atoms with Gasteiger partial charge in [0.25, 0.3) is 6.43 Å². The third kappa shape index (κ3) is 2.31. The molecule has 1 aromatic heterocycles. The quantitative estimate of drug-likeness (QED) is 0.584. The van der Waals surface area contributed by atoms with Crippen LogP contribution in [0.15, 0.2) is 10.9 Å². The van der Waals surface area contributed by atoms with Crippen LogP contribution in [0, 0.1) is 5.95 Å². The second-order valence-electron chi connectivity index (χ2n) is 2.58. The summed E-state index contributed by atoms with van der Waals surface area (Å²) in [5.74, 6) is -2.11. The molecule has 8 heteroatoms. The maximum atomic E-state index is 12.7. The monoisotopic (exact) mass is 231 g/mol. The molecule has 15 heavy (non-hydrogen) atoms. The van der Waals surface area contributed by atoms with E-state index in [1.165, 1.54) is 4.98 Å². The lowest BCUT2D eigenvalue weighted by Gasteiger charge is -2.08. The van der Waals surface area contributed by atoms with Crippen molar-refractivity contribution in [3.63, 3.8) is 0 Å². The maximum Gasteiger partial charge on any atom is 0.424 e. The number of alkyl halides is 5. The molecule has 1 rings (SSSR count). The van der Waals surface area contributed by atoms with Gasteiger partial charge in [0.1, 0.15) is 0 Å². The predicted octanol–water partition coefficient (Wildman–Crippen LogP) is 2.47. The van der Waals surface area contributed by atoms with Crippen LogP contribution in [-0.4, -0.2) is 4.98 Å². The Hall–Kier alpha value is -1.47. The Kier molecular flexibility index (Phi) is 2.78. The van der Waals surface area contributed by atoms with Gasteiger partial charge in [-0.1, -0.05) is 0 Å². The zero-order chi connectivity index (χ0) is 11.8. The molecule has 0 radical (unpaired) electrons. The van der Waals surface area contributed by atoms with E-state index < -0.39 is 35.2 Å². The van der Waals surface area contributed by atoms with Gasteiger partial charge in [-0.3, -0.25) is 4.79 Å². The number of rotatable bonds is 1. The second kappa shape index (κ2) is 3.59. The molecule has 1 aromatic rings. The first-order chi connectivity index (χ1) is 6.73. The summed E-state index contributed by atoms with van der Waals surface area (Å²) in [5.41, 5.74) is -5.12. The van der Waals surface area contributed by atoms with Crippen molar-refractivity contribution in [2.45, 2.75) is 12.6 Å². The van der Waals surface area contributed by atoms with E-state index in [1.807, 2.05) is 0 Å². The smallest absolute Gasteiger partial charge is 0.330 e. The number of hydrogen-bond acceptors (Lipinski definition) is 1. The molecule has 0 aliphatic heterocycles. The summed E-state index contributed by atoms with van der Waals surface area (Å²) in [6, 6.07) is 0.0244. The standard InChI is InChI=1S/C7H3F6NO/c8-5(9)2-1-3(15)4(6(10)14-2)7(11,12)13/h1,5H,(H,14,15). The largest absolute Gasteiger partial charge is 0.424 e. The molecule has 0 aromatic carbocycles. The number of hydrogen-bond donors (Lipinski definition) is 1. The van der Waals surface area contributed by atoms with Crippen molar-refractivity contribution >= 4 is 0 Å². The molecular formula is C7H3F6NO. The van der Waals surface area contributed by atoms with Gasteiger partial charge in [-0.15, -0.1) is 0 Å². The molecular weight excluding hydrogens is 228 g/mol. The fourth-order valence-corrected chi connectivity index (χ4v) is 0.929. The lowest BCUT2D eigenvalue weighted by molar-refractivity contribution is -0.141. The zero-order valence-electron chi connectivity index (χ0n) is 6.83. The Labute approximate surface area is 78.5 Å². The third-order valence-corrected chi connectivity index (χ3v) is 1.53. The van der Waals surface area contributed by atoms with Crippen LogP contribution in [0.25, 0.3) is 0 Å². The van der Waals surface area contributed by atoms with Crippen molar-refractivity contribution in [2.24, 2.45) is 0 Å². The van der Waals surface area contributed by atoms with Crippen molar-refractivity contribution in [2.75, 3.05) is 0 Å². The highest BCUT2D eigenvalue weighted by atomic mass is 19.4. The Morgan fingerprint density at radius 1 is 1.27 bits per heavy atom. The molecule has 1 N–H and O–H groups in total. The first kappa shape index (κ1) is 11.6. The molecule has 2 nitrogen and oxygen atoms in total. The minimum Gasteiger partial charge on any atom is -0.330 e. The first-order valence-electron chi connectivity index (χ1n) is 3.51. The Morgan fingerprint density at radius 2 is 1.80 bits per heavy atom. The van der Waals surface area contributed by atoms with Crippen LogP contribution in [0.2, 0.25) is 0 Å². The average Bonchev–Trinajstić information content (AvgIpc) is 1.99. The molecule has 0 fully saturated rings. The molecule has 1 heterocycles. The maximum absolute atomic E-state index is 12.7. The number of nitrogens with one attached hydrogen (secondary N) is 1. The van der Waals surface area contributed by atoms with Crippen molar-refractivity contribution in [3.8, 4) is 0 Å². The van der Waals surface area contributed by atoms with E-state index in [0.29, 0.717) is 0 Å². The van der Waals surface area contributed by atoms with E-state index in [9.17, 15) is 31.1 Å². The van der Waals surface area contributed by atoms with Gasteiger partial charge < -0.3 is 4.98 Å². The molecule has 0 saturated carbocycles. The van der Waals surface area contributed by atoms with Crippen molar-refractivity contribution in [3.05, 3.63) is 33.5 Å². The van der Waals surface area contributed by atoms with Crippen LogP contribution in [0.1, 0.15) is 17.7 Å². The molecule has 0 bridgehead atoms. The average molecular weight is 231 g/mol. The van der Waals surface area contributed by atoms with E-state index in [2.05, 4.69) is 0 Å². The van der Waals surface area contributed by atoms with Crippen molar-refractivity contribution in [1.29, 1.82) is 0 Å². The highest BCUT2D eigenvalue weighted by Gasteiger charge is 2.38. The molecule has 0 aliphatic carbocycles. The van der Waals surface area contributed by atoms with Gasteiger partial charge >= 0.3 is 6.18 Å². The van der Waals surface area contributed by atoms with Gasteiger partial charge in [0.2, 0.25) is 5.95 Å². The molecule has 0 saturated heterocycles. The second-order valence-corrected chi connectivity index (χ2v) is 2.58. The zero-order valence-corrected chi connectivity index (χ0v) is 6.83. The number of aromatic nitrogens is 1. The van der Waals surface area contributed by atoms with Crippen LogP contribution in [-0.2, 0) is 6.18 Å². The summed E-state index contributed by atoms with van der Waals surface area (Å²) in [6.07, 6.45) is -8.45. The number of H-pyrrole nitrogens is 1. The number of halogens is 6. The van der Waals surface area contributed by atoms with E-state index >= 15 is 0 Å². The fourth-order valence-electron chi connectivity index (χ4n) is 0.929. The Morgan fingerprint density at radius 3 is 2.13 bits per heavy atom.